The highest BCUT2D eigenvalue weighted by Gasteiger charge is 2.09. The quantitative estimate of drug-likeness (QED) is 0.524. The minimum absolute atomic E-state index is 0.208. The van der Waals surface area contributed by atoms with Crippen LogP contribution >= 0.6 is 0 Å². The van der Waals surface area contributed by atoms with Crippen molar-refractivity contribution in [1.29, 1.82) is 0 Å². The van der Waals surface area contributed by atoms with Gasteiger partial charge in [0.15, 0.2) is 0 Å². The van der Waals surface area contributed by atoms with E-state index in [0.29, 0.717) is 0 Å². The van der Waals surface area contributed by atoms with Crippen molar-refractivity contribution in [3.63, 3.8) is 0 Å². The standard InChI is InChI=1S/C9H14O2/c10-9(11)8-6-4-2-1-3-5-7-8/h1-2,8H,3-7H2,(H,10,11)/p-1/t8-/m1/s1. The molecule has 0 aliphatic heterocycles. The topological polar surface area (TPSA) is 40.1 Å². The summed E-state index contributed by atoms with van der Waals surface area (Å²) in [7, 11) is 0. The van der Waals surface area contributed by atoms with Gasteiger partial charge in [0.1, 0.15) is 0 Å². The molecule has 0 N–H and O–H groups in total. The molecule has 0 aromatic carbocycles. The van der Waals surface area contributed by atoms with Gasteiger partial charge >= 0.3 is 0 Å². The predicted octanol–water partition coefficient (Wildman–Crippen LogP) is 0.873. The minimum atomic E-state index is -0.875. The number of hydrogen-bond donors (Lipinski definition) is 0. The summed E-state index contributed by atoms with van der Waals surface area (Å²) < 4.78 is 0. The molecule has 0 radical (unpaired) electrons. The van der Waals surface area contributed by atoms with E-state index in [1.54, 1.807) is 0 Å². The number of hydrogen-bond acceptors (Lipinski definition) is 2. The fraction of sp³-hybridized carbons (Fsp3) is 0.667. The summed E-state index contributed by atoms with van der Waals surface area (Å²) in [6, 6.07) is 0. The van der Waals surface area contributed by atoms with Gasteiger partial charge in [0.25, 0.3) is 0 Å². The minimum Gasteiger partial charge on any atom is -0.550 e. The SMILES string of the molecule is O=C([O-])[C@@H]1CCC=CCCC1. The Hall–Kier alpha value is -0.790. The van der Waals surface area contributed by atoms with E-state index in [9.17, 15) is 9.90 Å². The van der Waals surface area contributed by atoms with Gasteiger partial charge in [-0.3, -0.25) is 0 Å². The van der Waals surface area contributed by atoms with Gasteiger partial charge < -0.3 is 9.90 Å². The Morgan fingerprint density at radius 1 is 1.27 bits per heavy atom. The zero-order valence-corrected chi connectivity index (χ0v) is 6.58. The van der Waals surface area contributed by atoms with Crippen molar-refractivity contribution < 1.29 is 9.90 Å². The van der Waals surface area contributed by atoms with Crippen LogP contribution < -0.4 is 5.11 Å². The van der Waals surface area contributed by atoms with Gasteiger partial charge in [0.05, 0.1) is 0 Å². The van der Waals surface area contributed by atoms with Crippen LogP contribution in [0.3, 0.4) is 0 Å². The molecule has 11 heavy (non-hydrogen) atoms. The van der Waals surface area contributed by atoms with Crippen LogP contribution in [0.1, 0.15) is 32.1 Å². The third kappa shape index (κ3) is 2.74. The first-order chi connectivity index (χ1) is 5.30. The molecular weight excluding hydrogens is 140 g/mol. The second-order valence-corrected chi connectivity index (χ2v) is 3.00. The molecule has 0 amide bonds. The third-order valence-corrected chi connectivity index (χ3v) is 2.11. The summed E-state index contributed by atoms with van der Waals surface area (Å²) in [6.07, 6.45) is 8.61. The van der Waals surface area contributed by atoms with E-state index in [1.165, 1.54) is 0 Å². The number of allylic oxidation sites excluding steroid dienone is 2. The highest BCUT2D eigenvalue weighted by Crippen LogP contribution is 2.17. The Labute approximate surface area is 66.9 Å². The van der Waals surface area contributed by atoms with Gasteiger partial charge in [0.2, 0.25) is 0 Å². The summed E-state index contributed by atoms with van der Waals surface area (Å²) in [4.78, 5) is 10.5. The summed E-state index contributed by atoms with van der Waals surface area (Å²) in [5.41, 5.74) is 0. The average Bonchev–Trinajstić information content (AvgIpc) is 1.84. The molecule has 0 bridgehead atoms. The van der Waals surface area contributed by atoms with Crippen LogP contribution in [0.4, 0.5) is 0 Å². The molecule has 1 aliphatic rings. The Morgan fingerprint density at radius 3 is 2.73 bits per heavy atom. The fourth-order valence-corrected chi connectivity index (χ4v) is 1.40. The van der Waals surface area contributed by atoms with E-state index < -0.39 is 5.97 Å². The normalized spacial score (nSPS) is 25.6. The Morgan fingerprint density at radius 2 is 2.00 bits per heavy atom. The maximum absolute atomic E-state index is 10.5. The lowest BCUT2D eigenvalue weighted by molar-refractivity contribution is -0.312. The van der Waals surface area contributed by atoms with Crippen molar-refractivity contribution in [2.24, 2.45) is 5.92 Å². The molecule has 0 aromatic heterocycles. The van der Waals surface area contributed by atoms with Gasteiger partial charge in [-0.2, -0.15) is 0 Å². The molecule has 2 heteroatoms. The number of carbonyl (C=O) groups is 1. The fourth-order valence-electron chi connectivity index (χ4n) is 1.40. The van der Waals surface area contributed by atoms with Crippen LogP contribution in [0, 0.1) is 5.92 Å². The first-order valence-corrected chi connectivity index (χ1v) is 4.16. The van der Waals surface area contributed by atoms with Crippen molar-refractivity contribution in [2.45, 2.75) is 32.1 Å². The molecule has 0 spiro atoms. The lowest BCUT2D eigenvalue weighted by Crippen LogP contribution is -2.31. The molecule has 1 atom stereocenters. The number of rotatable bonds is 1. The molecule has 0 unspecified atom stereocenters. The smallest absolute Gasteiger partial charge is 0.0445 e. The van der Waals surface area contributed by atoms with Crippen molar-refractivity contribution in [2.75, 3.05) is 0 Å². The molecule has 0 fully saturated rings. The van der Waals surface area contributed by atoms with Gasteiger partial charge in [-0.1, -0.05) is 12.2 Å². The maximum atomic E-state index is 10.5. The van der Waals surface area contributed by atoms with E-state index in [2.05, 4.69) is 12.2 Å². The van der Waals surface area contributed by atoms with Gasteiger partial charge in [-0.25, -0.2) is 0 Å². The van der Waals surface area contributed by atoms with E-state index in [-0.39, 0.29) is 5.92 Å². The largest absolute Gasteiger partial charge is 0.550 e. The first kappa shape index (κ1) is 8.31. The van der Waals surface area contributed by atoms with Crippen LogP contribution in [-0.2, 0) is 4.79 Å². The van der Waals surface area contributed by atoms with Gasteiger partial charge in [0, 0.05) is 5.97 Å². The van der Waals surface area contributed by atoms with Crippen LogP contribution in [-0.4, -0.2) is 5.97 Å². The Bertz CT molecular complexity index is 161. The zero-order valence-electron chi connectivity index (χ0n) is 6.58. The second kappa shape index (κ2) is 4.16. The monoisotopic (exact) mass is 153 g/mol. The van der Waals surface area contributed by atoms with Gasteiger partial charge in [-0.15, -0.1) is 0 Å². The van der Waals surface area contributed by atoms with E-state index >= 15 is 0 Å². The van der Waals surface area contributed by atoms with E-state index in [4.69, 9.17) is 0 Å². The molecule has 0 saturated heterocycles. The van der Waals surface area contributed by atoms with Crippen molar-refractivity contribution in [3.8, 4) is 0 Å². The van der Waals surface area contributed by atoms with Crippen LogP contribution in [0.2, 0.25) is 0 Å². The average molecular weight is 153 g/mol. The van der Waals surface area contributed by atoms with Gasteiger partial charge in [-0.05, 0) is 38.0 Å². The zero-order chi connectivity index (χ0) is 8.10. The van der Waals surface area contributed by atoms with E-state index in [0.717, 1.165) is 32.1 Å². The van der Waals surface area contributed by atoms with E-state index in [1.807, 2.05) is 0 Å². The molecular formula is C9H13O2-. The Kier molecular flexibility index (Phi) is 3.14. The molecule has 0 saturated carbocycles. The molecule has 62 valence electrons. The molecule has 1 aliphatic carbocycles. The van der Waals surface area contributed by atoms with Crippen LogP contribution in [0.5, 0.6) is 0 Å². The molecule has 1 rings (SSSR count). The molecule has 0 aromatic rings. The maximum Gasteiger partial charge on any atom is 0.0445 e. The summed E-state index contributed by atoms with van der Waals surface area (Å²) in [5.74, 6) is -1.08. The summed E-state index contributed by atoms with van der Waals surface area (Å²) >= 11 is 0. The second-order valence-electron chi connectivity index (χ2n) is 3.00. The molecule has 0 heterocycles. The predicted molar refractivity (Wildman–Crippen MR) is 40.7 cm³/mol. The van der Waals surface area contributed by atoms with Crippen molar-refractivity contribution in [3.05, 3.63) is 12.2 Å². The number of aliphatic carboxylic acids is 1. The third-order valence-electron chi connectivity index (χ3n) is 2.11. The van der Waals surface area contributed by atoms with Crippen molar-refractivity contribution in [1.82, 2.24) is 0 Å². The lowest BCUT2D eigenvalue weighted by Gasteiger charge is -2.17. The number of carbonyl (C=O) groups excluding carboxylic acids is 1. The number of carboxylic acids is 1. The van der Waals surface area contributed by atoms with Crippen LogP contribution in [0.15, 0.2) is 12.2 Å². The van der Waals surface area contributed by atoms with Crippen LogP contribution in [0.25, 0.3) is 0 Å². The lowest BCUT2D eigenvalue weighted by atomic mass is 9.94. The summed E-state index contributed by atoms with van der Waals surface area (Å²) in [5, 5.41) is 10.5. The molecule has 2 nitrogen and oxygen atoms in total. The Balaban J connectivity index is 2.42. The summed E-state index contributed by atoms with van der Waals surface area (Å²) in [6.45, 7) is 0. The van der Waals surface area contributed by atoms with Crippen molar-refractivity contribution >= 4 is 5.97 Å². The highest BCUT2D eigenvalue weighted by atomic mass is 16.4. The highest BCUT2D eigenvalue weighted by molar-refractivity contribution is 5.67. The first-order valence-electron chi connectivity index (χ1n) is 4.16. The number of carboxylic acid groups (broad SMARTS) is 1.